The molecule has 0 bridgehead atoms. The van der Waals surface area contributed by atoms with Crippen LogP contribution >= 0.6 is 0 Å². The van der Waals surface area contributed by atoms with Crippen molar-refractivity contribution in [3.63, 3.8) is 0 Å². The van der Waals surface area contributed by atoms with Gasteiger partial charge in [0.05, 0.1) is 0 Å². The SMILES string of the molecule is CCC1CNC(C2CCCCC2)CN1C(C)CCS(C)=O. The van der Waals surface area contributed by atoms with E-state index in [-0.39, 0.29) is 0 Å². The van der Waals surface area contributed by atoms with E-state index >= 15 is 0 Å². The van der Waals surface area contributed by atoms with Crippen LogP contribution in [0, 0.1) is 5.92 Å². The summed E-state index contributed by atoms with van der Waals surface area (Å²) >= 11 is 0. The standard InChI is InChI=1S/C17H34N2OS/c1-4-16-12-18-17(15-8-6-5-7-9-15)13-19(16)14(2)10-11-21(3)20/h14-18H,4-13H2,1-3H3. The highest BCUT2D eigenvalue weighted by Gasteiger charge is 2.34. The van der Waals surface area contributed by atoms with Crippen LogP contribution in [-0.2, 0) is 10.8 Å². The normalized spacial score (nSPS) is 32.0. The molecule has 21 heavy (non-hydrogen) atoms. The molecule has 4 heteroatoms. The summed E-state index contributed by atoms with van der Waals surface area (Å²) in [5.41, 5.74) is 0. The molecule has 124 valence electrons. The quantitative estimate of drug-likeness (QED) is 0.818. The van der Waals surface area contributed by atoms with Gasteiger partial charge in [0.15, 0.2) is 0 Å². The molecule has 1 saturated heterocycles. The molecular weight excluding hydrogens is 280 g/mol. The second-order valence-electron chi connectivity index (χ2n) is 7.09. The largest absolute Gasteiger partial charge is 0.311 e. The topological polar surface area (TPSA) is 32.3 Å². The van der Waals surface area contributed by atoms with Crippen molar-refractivity contribution < 1.29 is 4.21 Å². The predicted molar refractivity (Wildman–Crippen MR) is 92.2 cm³/mol. The second kappa shape index (κ2) is 8.64. The van der Waals surface area contributed by atoms with E-state index in [1.54, 1.807) is 0 Å². The molecule has 1 aliphatic carbocycles. The van der Waals surface area contributed by atoms with Crippen molar-refractivity contribution in [3.8, 4) is 0 Å². The zero-order valence-electron chi connectivity index (χ0n) is 14.1. The van der Waals surface area contributed by atoms with Gasteiger partial charge in [0, 0.05) is 54.0 Å². The summed E-state index contributed by atoms with van der Waals surface area (Å²) in [5, 5.41) is 3.84. The van der Waals surface area contributed by atoms with Crippen LogP contribution in [0.4, 0.5) is 0 Å². The predicted octanol–water partition coefficient (Wildman–Crippen LogP) is 2.78. The molecule has 1 saturated carbocycles. The van der Waals surface area contributed by atoms with Crippen molar-refractivity contribution in [2.45, 2.75) is 76.9 Å². The molecule has 0 amide bonds. The average molecular weight is 315 g/mol. The first-order valence-corrected chi connectivity index (χ1v) is 10.6. The molecule has 0 radical (unpaired) electrons. The Bertz CT molecular complexity index is 331. The Labute approximate surface area is 133 Å². The van der Waals surface area contributed by atoms with Crippen molar-refractivity contribution >= 4 is 10.8 Å². The lowest BCUT2D eigenvalue weighted by Crippen LogP contribution is -2.61. The van der Waals surface area contributed by atoms with Gasteiger partial charge in [-0.1, -0.05) is 26.2 Å². The van der Waals surface area contributed by atoms with Gasteiger partial charge in [0.25, 0.3) is 0 Å². The van der Waals surface area contributed by atoms with Crippen molar-refractivity contribution in [2.24, 2.45) is 5.92 Å². The lowest BCUT2D eigenvalue weighted by molar-refractivity contribution is 0.0609. The van der Waals surface area contributed by atoms with Gasteiger partial charge in [-0.25, -0.2) is 0 Å². The number of piperazine rings is 1. The summed E-state index contributed by atoms with van der Waals surface area (Å²) in [6.45, 7) is 6.96. The lowest BCUT2D eigenvalue weighted by Gasteiger charge is -2.46. The highest BCUT2D eigenvalue weighted by atomic mass is 32.2. The first-order chi connectivity index (χ1) is 10.1. The Hall–Kier alpha value is 0.0700. The Kier molecular flexibility index (Phi) is 7.17. The molecule has 4 unspecified atom stereocenters. The van der Waals surface area contributed by atoms with Crippen LogP contribution in [0.15, 0.2) is 0 Å². The summed E-state index contributed by atoms with van der Waals surface area (Å²) < 4.78 is 11.4. The Morgan fingerprint density at radius 3 is 2.62 bits per heavy atom. The molecule has 2 rings (SSSR count). The maximum atomic E-state index is 11.4. The van der Waals surface area contributed by atoms with E-state index < -0.39 is 10.8 Å². The molecule has 3 nitrogen and oxygen atoms in total. The number of nitrogens with one attached hydrogen (secondary N) is 1. The summed E-state index contributed by atoms with van der Waals surface area (Å²) in [4.78, 5) is 2.71. The zero-order valence-corrected chi connectivity index (χ0v) is 15.0. The summed E-state index contributed by atoms with van der Waals surface area (Å²) in [5.74, 6) is 1.72. The molecule has 2 fully saturated rings. The molecule has 1 heterocycles. The van der Waals surface area contributed by atoms with Crippen LogP contribution in [0.2, 0.25) is 0 Å². The summed E-state index contributed by atoms with van der Waals surface area (Å²) in [6.07, 6.45) is 11.2. The lowest BCUT2D eigenvalue weighted by atomic mass is 9.82. The number of hydrogen-bond acceptors (Lipinski definition) is 3. The molecule has 1 aliphatic heterocycles. The van der Waals surface area contributed by atoms with Gasteiger partial charge in [-0.2, -0.15) is 0 Å². The Morgan fingerprint density at radius 1 is 1.29 bits per heavy atom. The maximum Gasteiger partial charge on any atom is 0.0246 e. The first-order valence-electron chi connectivity index (χ1n) is 8.91. The molecule has 1 N–H and O–H groups in total. The van der Waals surface area contributed by atoms with Crippen LogP contribution in [0.5, 0.6) is 0 Å². The van der Waals surface area contributed by atoms with Gasteiger partial charge in [-0.15, -0.1) is 0 Å². The van der Waals surface area contributed by atoms with Crippen molar-refractivity contribution in [1.29, 1.82) is 0 Å². The number of hydrogen-bond donors (Lipinski definition) is 1. The van der Waals surface area contributed by atoms with Crippen LogP contribution in [0.25, 0.3) is 0 Å². The zero-order chi connectivity index (χ0) is 15.2. The Balaban J connectivity index is 1.92. The van der Waals surface area contributed by atoms with E-state index in [1.807, 2.05) is 6.26 Å². The van der Waals surface area contributed by atoms with Gasteiger partial charge in [-0.3, -0.25) is 9.11 Å². The van der Waals surface area contributed by atoms with Crippen molar-refractivity contribution in [2.75, 3.05) is 25.1 Å². The third kappa shape index (κ3) is 5.04. The Morgan fingerprint density at radius 2 is 2.00 bits per heavy atom. The monoisotopic (exact) mass is 314 g/mol. The first kappa shape index (κ1) is 17.4. The fourth-order valence-electron chi connectivity index (χ4n) is 4.12. The molecule has 0 aromatic rings. The molecule has 4 atom stereocenters. The van der Waals surface area contributed by atoms with E-state index in [9.17, 15) is 4.21 Å². The van der Waals surface area contributed by atoms with E-state index in [0.29, 0.717) is 18.1 Å². The molecular formula is C17H34N2OS. The van der Waals surface area contributed by atoms with Crippen molar-refractivity contribution in [1.82, 2.24) is 10.2 Å². The van der Waals surface area contributed by atoms with Gasteiger partial charge >= 0.3 is 0 Å². The van der Waals surface area contributed by atoms with Gasteiger partial charge in [0.2, 0.25) is 0 Å². The van der Waals surface area contributed by atoms with Gasteiger partial charge in [0.1, 0.15) is 0 Å². The van der Waals surface area contributed by atoms with Gasteiger partial charge < -0.3 is 5.32 Å². The second-order valence-corrected chi connectivity index (χ2v) is 8.64. The van der Waals surface area contributed by atoms with E-state index in [1.165, 1.54) is 45.1 Å². The third-order valence-corrected chi connectivity index (χ3v) is 6.38. The number of rotatable bonds is 6. The van der Waals surface area contributed by atoms with Crippen LogP contribution in [0.3, 0.4) is 0 Å². The molecule has 2 aliphatic rings. The highest BCUT2D eigenvalue weighted by Crippen LogP contribution is 2.29. The summed E-state index contributed by atoms with van der Waals surface area (Å²) in [7, 11) is -0.659. The molecule has 0 spiro atoms. The minimum atomic E-state index is -0.659. The minimum absolute atomic E-state index is 0.562. The number of nitrogens with zero attached hydrogens (tertiary/aromatic N) is 1. The van der Waals surface area contributed by atoms with E-state index in [0.717, 1.165) is 24.6 Å². The van der Waals surface area contributed by atoms with Crippen LogP contribution in [0.1, 0.15) is 58.8 Å². The van der Waals surface area contributed by atoms with E-state index in [4.69, 9.17) is 0 Å². The fourth-order valence-corrected chi connectivity index (χ4v) is 4.79. The minimum Gasteiger partial charge on any atom is -0.311 e. The average Bonchev–Trinajstić information content (AvgIpc) is 2.52. The summed E-state index contributed by atoms with van der Waals surface area (Å²) in [6, 6.07) is 1.90. The molecule has 0 aromatic heterocycles. The van der Waals surface area contributed by atoms with Crippen LogP contribution < -0.4 is 5.32 Å². The van der Waals surface area contributed by atoms with Gasteiger partial charge in [-0.05, 0) is 38.5 Å². The van der Waals surface area contributed by atoms with Crippen molar-refractivity contribution in [3.05, 3.63) is 0 Å². The maximum absolute atomic E-state index is 11.4. The van der Waals surface area contributed by atoms with E-state index in [2.05, 4.69) is 24.1 Å². The third-order valence-electron chi connectivity index (χ3n) is 5.57. The molecule has 0 aromatic carbocycles. The highest BCUT2D eigenvalue weighted by molar-refractivity contribution is 7.84. The fraction of sp³-hybridized carbons (Fsp3) is 1.00. The smallest absolute Gasteiger partial charge is 0.0246 e. The van der Waals surface area contributed by atoms with Crippen LogP contribution in [-0.4, -0.2) is 52.3 Å².